The van der Waals surface area contributed by atoms with Crippen LogP contribution >= 0.6 is 11.6 Å². The fourth-order valence-corrected chi connectivity index (χ4v) is 2.10. The minimum atomic E-state index is -2.60. The molecule has 100 valence electrons. The molecule has 0 radical (unpaired) electrons. The Hall–Kier alpha value is -0.420. The highest BCUT2D eigenvalue weighted by atomic mass is 35.5. The maximum absolute atomic E-state index is 12.9. The van der Waals surface area contributed by atoms with Crippen molar-refractivity contribution < 1.29 is 18.3 Å². The van der Waals surface area contributed by atoms with Gasteiger partial charge in [-0.05, 0) is 12.8 Å². The van der Waals surface area contributed by atoms with Crippen LogP contribution in [0.15, 0.2) is 0 Å². The molecule has 6 heteroatoms. The van der Waals surface area contributed by atoms with Crippen LogP contribution in [0.5, 0.6) is 0 Å². The normalized spacial score (nSPS) is 22.1. The molecule has 1 saturated carbocycles. The van der Waals surface area contributed by atoms with Crippen LogP contribution in [0.4, 0.5) is 8.78 Å². The van der Waals surface area contributed by atoms with E-state index in [0.717, 1.165) is 0 Å². The molecule has 0 aliphatic heterocycles. The predicted octanol–water partition coefficient (Wildman–Crippen LogP) is 2.18. The van der Waals surface area contributed by atoms with Gasteiger partial charge >= 0.3 is 0 Å². The summed E-state index contributed by atoms with van der Waals surface area (Å²) in [6.07, 6.45) is 0.0903. The van der Waals surface area contributed by atoms with Gasteiger partial charge in [0.15, 0.2) is 0 Å². The van der Waals surface area contributed by atoms with E-state index in [-0.39, 0.29) is 42.9 Å². The highest BCUT2D eigenvalue weighted by molar-refractivity contribution is 6.21. The number of nitrogens with one attached hydrogen (secondary N) is 1. The zero-order chi connectivity index (χ0) is 12.9. The van der Waals surface area contributed by atoms with Crippen molar-refractivity contribution in [3.8, 4) is 0 Å². The van der Waals surface area contributed by atoms with Gasteiger partial charge in [0, 0.05) is 32.4 Å². The zero-order valence-electron chi connectivity index (χ0n) is 9.85. The van der Waals surface area contributed by atoms with Crippen molar-refractivity contribution in [3.05, 3.63) is 0 Å². The summed E-state index contributed by atoms with van der Waals surface area (Å²) in [5.74, 6) is -3.08. The topological polar surface area (TPSA) is 38.3 Å². The number of ether oxygens (including phenoxy) is 1. The Morgan fingerprint density at radius 2 is 2.12 bits per heavy atom. The molecule has 1 amide bonds. The number of halogens is 3. The first-order chi connectivity index (χ1) is 7.94. The van der Waals surface area contributed by atoms with Gasteiger partial charge in [-0.3, -0.25) is 4.79 Å². The first-order valence-corrected chi connectivity index (χ1v) is 6.17. The van der Waals surface area contributed by atoms with Gasteiger partial charge < -0.3 is 10.1 Å². The Morgan fingerprint density at radius 1 is 1.53 bits per heavy atom. The zero-order valence-corrected chi connectivity index (χ0v) is 10.6. The summed E-state index contributed by atoms with van der Waals surface area (Å²) in [7, 11) is 1.53. The van der Waals surface area contributed by atoms with E-state index in [9.17, 15) is 13.6 Å². The van der Waals surface area contributed by atoms with Crippen LogP contribution in [0.25, 0.3) is 0 Å². The number of hydrogen-bond donors (Lipinski definition) is 1. The second-order valence-corrected chi connectivity index (χ2v) is 5.05. The molecule has 0 spiro atoms. The summed E-state index contributed by atoms with van der Waals surface area (Å²) in [5.41, 5.74) is 0. The lowest BCUT2D eigenvalue weighted by molar-refractivity contribution is -0.129. The smallest absolute Gasteiger partial charge is 0.248 e. The van der Waals surface area contributed by atoms with Crippen LogP contribution in [0.3, 0.4) is 0 Å². The van der Waals surface area contributed by atoms with E-state index in [4.69, 9.17) is 16.3 Å². The minimum absolute atomic E-state index is 0.178. The van der Waals surface area contributed by atoms with Crippen molar-refractivity contribution in [2.75, 3.05) is 20.3 Å². The van der Waals surface area contributed by atoms with Crippen LogP contribution < -0.4 is 5.32 Å². The predicted molar refractivity (Wildman–Crippen MR) is 61.4 cm³/mol. The van der Waals surface area contributed by atoms with Gasteiger partial charge in [-0.1, -0.05) is 0 Å². The number of rotatable bonds is 5. The van der Waals surface area contributed by atoms with Crippen molar-refractivity contribution in [3.63, 3.8) is 0 Å². The van der Waals surface area contributed by atoms with Crippen molar-refractivity contribution in [2.24, 2.45) is 5.92 Å². The van der Waals surface area contributed by atoms with E-state index in [1.54, 1.807) is 0 Å². The fraction of sp³-hybridized carbons (Fsp3) is 0.909. The molecule has 1 aliphatic carbocycles. The van der Waals surface area contributed by atoms with E-state index in [1.165, 1.54) is 7.11 Å². The van der Waals surface area contributed by atoms with E-state index >= 15 is 0 Å². The second-order valence-electron chi connectivity index (χ2n) is 4.43. The minimum Gasteiger partial charge on any atom is -0.383 e. The van der Waals surface area contributed by atoms with Crippen LogP contribution in [0, 0.1) is 5.92 Å². The Bertz CT molecular complexity index is 254. The van der Waals surface area contributed by atoms with Crippen LogP contribution in [-0.2, 0) is 9.53 Å². The number of hydrogen-bond acceptors (Lipinski definition) is 2. The maximum Gasteiger partial charge on any atom is 0.248 e. The third kappa shape index (κ3) is 5.17. The van der Waals surface area contributed by atoms with Crippen molar-refractivity contribution in [1.82, 2.24) is 5.32 Å². The molecule has 0 saturated heterocycles. The average molecular weight is 270 g/mol. The number of methoxy groups -OCH3 is 1. The SMILES string of the molecule is COCC(Cl)CNC(=O)C1CCC(F)(F)CC1. The largest absolute Gasteiger partial charge is 0.383 e. The van der Waals surface area contributed by atoms with Gasteiger partial charge in [0.25, 0.3) is 0 Å². The van der Waals surface area contributed by atoms with Crippen molar-refractivity contribution in [1.29, 1.82) is 0 Å². The first kappa shape index (κ1) is 14.6. The summed E-state index contributed by atoms with van der Waals surface area (Å²) in [4.78, 5) is 11.7. The van der Waals surface area contributed by atoms with Crippen molar-refractivity contribution >= 4 is 17.5 Å². The van der Waals surface area contributed by atoms with E-state index in [1.807, 2.05) is 0 Å². The van der Waals surface area contributed by atoms with Crippen LogP contribution in [0.2, 0.25) is 0 Å². The van der Waals surface area contributed by atoms with E-state index in [0.29, 0.717) is 13.2 Å². The second kappa shape index (κ2) is 6.50. The Kier molecular flexibility index (Phi) is 5.59. The first-order valence-electron chi connectivity index (χ1n) is 5.73. The van der Waals surface area contributed by atoms with Crippen LogP contribution in [-0.4, -0.2) is 37.5 Å². The molecule has 0 bridgehead atoms. The third-order valence-electron chi connectivity index (χ3n) is 2.93. The molecule has 1 N–H and O–H groups in total. The summed E-state index contributed by atoms with van der Waals surface area (Å²) in [6.45, 7) is 0.658. The van der Waals surface area contributed by atoms with E-state index in [2.05, 4.69) is 5.32 Å². The summed E-state index contributed by atoms with van der Waals surface area (Å²) in [6, 6.07) is 0. The van der Waals surface area contributed by atoms with Gasteiger partial charge in [0.05, 0.1) is 12.0 Å². The van der Waals surface area contributed by atoms with Gasteiger partial charge in [0.1, 0.15) is 0 Å². The Balaban J connectivity index is 2.25. The fourth-order valence-electron chi connectivity index (χ4n) is 1.90. The quantitative estimate of drug-likeness (QED) is 0.777. The monoisotopic (exact) mass is 269 g/mol. The maximum atomic E-state index is 12.9. The molecular formula is C11H18ClF2NO2. The molecule has 17 heavy (non-hydrogen) atoms. The molecule has 1 aliphatic rings. The van der Waals surface area contributed by atoms with Gasteiger partial charge in [-0.15, -0.1) is 11.6 Å². The molecule has 1 fully saturated rings. The van der Waals surface area contributed by atoms with Gasteiger partial charge in [0.2, 0.25) is 11.8 Å². The molecule has 1 unspecified atom stereocenters. The van der Waals surface area contributed by atoms with Crippen LogP contribution in [0.1, 0.15) is 25.7 Å². The van der Waals surface area contributed by atoms with Gasteiger partial charge in [-0.2, -0.15) is 0 Å². The Morgan fingerprint density at radius 3 is 2.65 bits per heavy atom. The molecule has 3 nitrogen and oxygen atoms in total. The molecule has 0 aromatic heterocycles. The number of alkyl halides is 3. The highest BCUT2D eigenvalue weighted by Gasteiger charge is 2.37. The number of carbonyl (C=O) groups is 1. The number of carbonyl (C=O) groups excluding carboxylic acids is 1. The molecule has 1 atom stereocenters. The lowest BCUT2D eigenvalue weighted by Gasteiger charge is -2.27. The summed E-state index contributed by atoms with van der Waals surface area (Å²) in [5, 5.41) is 2.39. The van der Waals surface area contributed by atoms with E-state index < -0.39 is 5.92 Å². The highest BCUT2D eigenvalue weighted by Crippen LogP contribution is 2.36. The van der Waals surface area contributed by atoms with Crippen molar-refractivity contribution in [2.45, 2.75) is 37.0 Å². The van der Waals surface area contributed by atoms with Gasteiger partial charge in [-0.25, -0.2) is 8.78 Å². The lowest BCUT2D eigenvalue weighted by Crippen LogP contribution is -2.39. The third-order valence-corrected chi connectivity index (χ3v) is 3.21. The molecule has 0 heterocycles. The average Bonchev–Trinajstić information content (AvgIpc) is 2.26. The molecule has 0 aromatic rings. The summed E-state index contributed by atoms with van der Waals surface area (Å²) < 4.78 is 30.6. The standard InChI is InChI=1S/C11H18ClF2NO2/c1-17-7-9(12)6-15-10(16)8-2-4-11(13,14)5-3-8/h8-9H,2-7H2,1H3,(H,15,16). The number of amides is 1. The molecule has 0 aromatic carbocycles. The Labute approximate surface area is 105 Å². The molecular weight excluding hydrogens is 252 g/mol. The lowest BCUT2D eigenvalue weighted by atomic mass is 9.86. The summed E-state index contributed by atoms with van der Waals surface area (Å²) >= 11 is 5.85. The molecule has 1 rings (SSSR count).